The number of hydrogen-bond acceptors (Lipinski definition) is 3. The number of aryl methyl sites for hydroxylation is 2. The van der Waals surface area contributed by atoms with Crippen molar-refractivity contribution in [3.63, 3.8) is 0 Å². The van der Waals surface area contributed by atoms with Crippen molar-refractivity contribution in [2.24, 2.45) is 11.7 Å². The zero-order chi connectivity index (χ0) is 13.9. The van der Waals surface area contributed by atoms with Crippen molar-refractivity contribution < 1.29 is 9.21 Å². The summed E-state index contributed by atoms with van der Waals surface area (Å²) in [6.07, 6.45) is 0.852. The molecule has 0 saturated carbocycles. The third kappa shape index (κ3) is 3.60. The minimum Gasteiger partial charge on any atom is -0.466 e. The van der Waals surface area contributed by atoms with E-state index in [0.717, 1.165) is 12.2 Å². The zero-order valence-electron chi connectivity index (χ0n) is 12.0. The summed E-state index contributed by atoms with van der Waals surface area (Å²) < 4.78 is 5.37. The zero-order valence-corrected chi connectivity index (χ0v) is 12.0. The molecule has 1 aromatic heterocycles. The molecule has 1 heterocycles. The Hall–Kier alpha value is -1.29. The van der Waals surface area contributed by atoms with Gasteiger partial charge in [-0.25, -0.2) is 0 Å². The molecule has 0 aromatic carbocycles. The van der Waals surface area contributed by atoms with E-state index in [1.54, 1.807) is 13.0 Å². The lowest BCUT2D eigenvalue weighted by Crippen LogP contribution is -2.52. The standard InChI is InChI=1S/C14H24N2O2/c1-9(2)7-14(5,8-15)16-13(17)12-6-10(3)18-11(12)4/h6,9H,7-8,15H2,1-5H3,(H,16,17). The van der Waals surface area contributed by atoms with Crippen LogP contribution < -0.4 is 11.1 Å². The van der Waals surface area contributed by atoms with Crippen LogP contribution in [-0.4, -0.2) is 18.0 Å². The van der Waals surface area contributed by atoms with Gasteiger partial charge in [-0.15, -0.1) is 0 Å². The van der Waals surface area contributed by atoms with Crippen LogP contribution in [0.3, 0.4) is 0 Å². The third-order valence-electron chi connectivity index (χ3n) is 3.01. The number of rotatable bonds is 5. The number of nitrogens with two attached hydrogens (primary N) is 1. The van der Waals surface area contributed by atoms with Gasteiger partial charge in [-0.2, -0.15) is 0 Å². The predicted molar refractivity (Wildman–Crippen MR) is 72.6 cm³/mol. The number of furan rings is 1. The van der Waals surface area contributed by atoms with Crippen molar-refractivity contribution in [2.45, 2.75) is 46.6 Å². The molecule has 4 nitrogen and oxygen atoms in total. The van der Waals surface area contributed by atoms with Gasteiger partial charge in [-0.1, -0.05) is 13.8 Å². The number of carbonyl (C=O) groups excluding carboxylic acids is 1. The molecule has 0 aliphatic heterocycles. The van der Waals surface area contributed by atoms with E-state index < -0.39 is 0 Å². The van der Waals surface area contributed by atoms with Crippen molar-refractivity contribution in [1.82, 2.24) is 5.32 Å². The molecular formula is C14H24N2O2. The monoisotopic (exact) mass is 252 g/mol. The minimum absolute atomic E-state index is 0.113. The van der Waals surface area contributed by atoms with Gasteiger partial charge in [0.2, 0.25) is 0 Å². The van der Waals surface area contributed by atoms with Crippen LogP contribution in [0.2, 0.25) is 0 Å². The van der Waals surface area contributed by atoms with Crippen molar-refractivity contribution in [3.8, 4) is 0 Å². The second kappa shape index (κ2) is 5.57. The molecule has 1 unspecified atom stereocenters. The summed E-state index contributed by atoms with van der Waals surface area (Å²) in [7, 11) is 0. The first-order valence-electron chi connectivity index (χ1n) is 6.37. The molecule has 102 valence electrons. The van der Waals surface area contributed by atoms with Crippen LogP contribution in [0.5, 0.6) is 0 Å². The molecule has 18 heavy (non-hydrogen) atoms. The Bertz CT molecular complexity index is 423. The lowest BCUT2D eigenvalue weighted by molar-refractivity contribution is 0.0896. The summed E-state index contributed by atoms with van der Waals surface area (Å²) in [5.41, 5.74) is 6.01. The lowest BCUT2D eigenvalue weighted by Gasteiger charge is -2.31. The van der Waals surface area contributed by atoms with Crippen LogP contribution in [0.15, 0.2) is 10.5 Å². The summed E-state index contributed by atoms with van der Waals surface area (Å²) in [6.45, 7) is 10.3. The van der Waals surface area contributed by atoms with Crippen LogP contribution in [0, 0.1) is 19.8 Å². The molecule has 0 radical (unpaired) electrons. The Morgan fingerprint density at radius 2 is 2.11 bits per heavy atom. The molecule has 1 atom stereocenters. The lowest BCUT2D eigenvalue weighted by atomic mass is 9.90. The first-order chi connectivity index (χ1) is 8.27. The van der Waals surface area contributed by atoms with Gasteiger partial charge >= 0.3 is 0 Å². The van der Waals surface area contributed by atoms with E-state index in [0.29, 0.717) is 23.8 Å². The fourth-order valence-electron chi connectivity index (χ4n) is 2.28. The molecule has 0 bridgehead atoms. The summed E-state index contributed by atoms with van der Waals surface area (Å²) in [6, 6.07) is 1.76. The highest BCUT2D eigenvalue weighted by atomic mass is 16.3. The maximum absolute atomic E-state index is 12.2. The maximum atomic E-state index is 12.2. The van der Waals surface area contributed by atoms with Gasteiger partial charge in [0, 0.05) is 12.1 Å². The van der Waals surface area contributed by atoms with E-state index in [2.05, 4.69) is 19.2 Å². The average molecular weight is 252 g/mol. The number of nitrogens with one attached hydrogen (secondary N) is 1. The van der Waals surface area contributed by atoms with Gasteiger partial charge in [0.15, 0.2) is 0 Å². The fraction of sp³-hybridized carbons (Fsp3) is 0.643. The molecule has 1 rings (SSSR count). The first kappa shape index (κ1) is 14.8. The van der Waals surface area contributed by atoms with E-state index >= 15 is 0 Å². The van der Waals surface area contributed by atoms with Crippen molar-refractivity contribution >= 4 is 5.91 Å². The van der Waals surface area contributed by atoms with Gasteiger partial charge in [0.25, 0.3) is 5.91 Å². The summed E-state index contributed by atoms with van der Waals surface area (Å²) in [5.74, 6) is 1.76. The van der Waals surface area contributed by atoms with Gasteiger partial charge < -0.3 is 15.5 Å². The highest BCUT2D eigenvalue weighted by Crippen LogP contribution is 2.18. The molecule has 3 N–H and O–H groups in total. The Balaban J connectivity index is 2.82. The topological polar surface area (TPSA) is 68.3 Å². The van der Waals surface area contributed by atoms with Crippen LogP contribution in [0.4, 0.5) is 0 Å². The number of amides is 1. The van der Waals surface area contributed by atoms with Gasteiger partial charge in [0.1, 0.15) is 11.5 Å². The Kier molecular flexibility index (Phi) is 4.57. The number of hydrogen-bond donors (Lipinski definition) is 2. The third-order valence-corrected chi connectivity index (χ3v) is 3.01. The molecule has 0 aliphatic carbocycles. The second-order valence-electron chi connectivity index (χ2n) is 5.64. The average Bonchev–Trinajstić information content (AvgIpc) is 2.56. The molecule has 0 saturated heterocycles. The minimum atomic E-state index is -0.372. The molecule has 4 heteroatoms. The second-order valence-corrected chi connectivity index (χ2v) is 5.64. The van der Waals surface area contributed by atoms with E-state index in [9.17, 15) is 4.79 Å². The maximum Gasteiger partial charge on any atom is 0.255 e. The normalized spacial score (nSPS) is 14.6. The fourth-order valence-corrected chi connectivity index (χ4v) is 2.28. The van der Waals surface area contributed by atoms with Crippen LogP contribution in [0.25, 0.3) is 0 Å². The highest BCUT2D eigenvalue weighted by Gasteiger charge is 2.27. The van der Waals surface area contributed by atoms with Gasteiger partial charge in [-0.3, -0.25) is 4.79 Å². The van der Waals surface area contributed by atoms with Crippen LogP contribution in [-0.2, 0) is 0 Å². The smallest absolute Gasteiger partial charge is 0.255 e. The SMILES string of the molecule is Cc1cc(C(=O)NC(C)(CN)CC(C)C)c(C)o1. The molecule has 0 aliphatic rings. The van der Waals surface area contributed by atoms with E-state index in [4.69, 9.17) is 10.2 Å². The summed E-state index contributed by atoms with van der Waals surface area (Å²) >= 11 is 0. The Morgan fingerprint density at radius 3 is 2.50 bits per heavy atom. The van der Waals surface area contributed by atoms with Crippen LogP contribution >= 0.6 is 0 Å². The van der Waals surface area contributed by atoms with Crippen molar-refractivity contribution in [2.75, 3.05) is 6.54 Å². The predicted octanol–water partition coefficient (Wildman–Crippen LogP) is 2.39. The highest BCUT2D eigenvalue weighted by molar-refractivity contribution is 5.95. The first-order valence-corrected chi connectivity index (χ1v) is 6.37. The summed E-state index contributed by atoms with van der Waals surface area (Å²) in [4.78, 5) is 12.2. The molecule has 0 spiro atoms. The van der Waals surface area contributed by atoms with Gasteiger partial charge in [0.05, 0.1) is 5.56 Å². The molecular weight excluding hydrogens is 228 g/mol. The largest absolute Gasteiger partial charge is 0.466 e. The van der Waals surface area contributed by atoms with E-state index in [1.165, 1.54) is 0 Å². The quantitative estimate of drug-likeness (QED) is 0.845. The van der Waals surface area contributed by atoms with E-state index in [-0.39, 0.29) is 11.4 Å². The molecule has 0 fully saturated rings. The Morgan fingerprint density at radius 1 is 1.50 bits per heavy atom. The summed E-state index contributed by atoms with van der Waals surface area (Å²) in [5, 5.41) is 3.02. The molecule has 1 amide bonds. The van der Waals surface area contributed by atoms with Crippen molar-refractivity contribution in [1.29, 1.82) is 0 Å². The van der Waals surface area contributed by atoms with E-state index in [1.807, 2.05) is 13.8 Å². The Labute approximate surface area is 109 Å². The van der Waals surface area contributed by atoms with Crippen LogP contribution in [0.1, 0.15) is 49.1 Å². The van der Waals surface area contributed by atoms with Crippen molar-refractivity contribution in [3.05, 3.63) is 23.2 Å². The molecule has 1 aromatic rings. The van der Waals surface area contributed by atoms with Gasteiger partial charge in [-0.05, 0) is 39.2 Å². The number of carbonyl (C=O) groups is 1.